The zero-order valence-corrected chi connectivity index (χ0v) is 13.6. The monoisotopic (exact) mass is 398 g/mol. The molecular formula is C15H12FIN2S. The second-order valence-corrected chi connectivity index (χ2v) is 7.82. The van der Waals surface area contributed by atoms with E-state index in [2.05, 4.69) is 34.0 Å². The minimum Gasteiger partial charge on any atom is -0.377 e. The molecule has 1 aliphatic carbocycles. The lowest BCUT2D eigenvalue weighted by molar-refractivity contribution is 0.604. The Balaban J connectivity index is 1.94. The molecule has 0 aliphatic heterocycles. The zero-order chi connectivity index (χ0) is 14.1. The minimum absolute atomic E-state index is 0.101. The van der Waals surface area contributed by atoms with Gasteiger partial charge in [-0.1, -0.05) is 6.07 Å². The summed E-state index contributed by atoms with van der Waals surface area (Å²) in [6.07, 6.45) is 3.26. The molecule has 2 aromatic rings. The van der Waals surface area contributed by atoms with Crippen LogP contribution in [-0.4, -0.2) is 0 Å². The van der Waals surface area contributed by atoms with E-state index in [-0.39, 0.29) is 11.6 Å². The molecule has 1 aliphatic rings. The molecule has 0 amide bonds. The van der Waals surface area contributed by atoms with E-state index < -0.39 is 5.82 Å². The molecule has 1 unspecified atom stereocenters. The number of aryl methyl sites for hydroxylation is 1. The molecule has 1 N–H and O–H groups in total. The van der Waals surface area contributed by atoms with Crippen molar-refractivity contribution in [3.05, 3.63) is 49.0 Å². The number of benzene rings is 1. The summed E-state index contributed by atoms with van der Waals surface area (Å²) in [5.41, 5.74) is 2.00. The Kier molecular flexibility index (Phi) is 3.94. The molecule has 0 bridgehead atoms. The summed E-state index contributed by atoms with van der Waals surface area (Å²) in [6, 6.07) is 9.05. The largest absolute Gasteiger partial charge is 0.377 e. The predicted molar refractivity (Wildman–Crippen MR) is 87.5 cm³/mol. The van der Waals surface area contributed by atoms with Crippen LogP contribution in [-0.2, 0) is 6.42 Å². The SMILES string of the molecule is N#Cc1c(F)cccc1NC1CCCc2sc(I)cc21. The van der Waals surface area contributed by atoms with Gasteiger partial charge in [0.1, 0.15) is 17.4 Å². The van der Waals surface area contributed by atoms with Crippen LogP contribution in [0.4, 0.5) is 10.1 Å². The first-order valence-corrected chi connectivity index (χ1v) is 8.32. The molecule has 5 heteroatoms. The van der Waals surface area contributed by atoms with Gasteiger partial charge in [-0.15, -0.1) is 11.3 Å². The Labute approximate surface area is 134 Å². The molecule has 1 aromatic carbocycles. The van der Waals surface area contributed by atoms with Gasteiger partial charge in [0.2, 0.25) is 0 Å². The molecular weight excluding hydrogens is 386 g/mol. The first-order valence-electron chi connectivity index (χ1n) is 6.42. The summed E-state index contributed by atoms with van der Waals surface area (Å²) < 4.78 is 14.9. The van der Waals surface area contributed by atoms with Crippen LogP contribution in [0.2, 0.25) is 0 Å². The fourth-order valence-corrected chi connectivity index (χ4v) is 4.74. The highest BCUT2D eigenvalue weighted by Crippen LogP contribution is 2.38. The number of hydrogen-bond acceptors (Lipinski definition) is 3. The summed E-state index contributed by atoms with van der Waals surface area (Å²) in [5.74, 6) is -0.464. The number of thiophene rings is 1. The maximum absolute atomic E-state index is 13.6. The van der Waals surface area contributed by atoms with Crippen LogP contribution >= 0.6 is 33.9 Å². The van der Waals surface area contributed by atoms with Crippen molar-refractivity contribution in [2.24, 2.45) is 0 Å². The van der Waals surface area contributed by atoms with Crippen molar-refractivity contribution in [1.82, 2.24) is 0 Å². The van der Waals surface area contributed by atoms with Crippen LogP contribution in [0.15, 0.2) is 24.3 Å². The second-order valence-electron chi connectivity index (χ2n) is 4.79. The van der Waals surface area contributed by atoms with Crippen molar-refractivity contribution in [3.8, 4) is 6.07 Å². The smallest absolute Gasteiger partial charge is 0.143 e. The Hall–Kier alpha value is -1.13. The van der Waals surface area contributed by atoms with Crippen LogP contribution < -0.4 is 5.32 Å². The summed E-state index contributed by atoms with van der Waals surface area (Å²) in [4.78, 5) is 1.41. The molecule has 0 saturated heterocycles. The van der Waals surface area contributed by atoms with Crippen LogP contribution in [0, 0.1) is 20.0 Å². The van der Waals surface area contributed by atoms with E-state index in [0.717, 1.165) is 19.3 Å². The van der Waals surface area contributed by atoms with E-state index in [0.29, 0.717) is 5.69 Å². The number of rotatable bonds is 2. The van der Waals surface area contributed by atoms with Gasteiger partial charge in [-0.3, -0.25) is 0 Å². The van der Waals surface area contributed by atoms with Gasteiger partial charge >= 0.3 is 0 Å². The summed E-state index contributed by atoms with van der Waals surface area (Å²) >= 11 is 4.16. The van der Waals surface area contributed by atoms with Gasteiger partial charge < -0.3 is 5.32 Å². The Morgan fingerprint density at radius 2 is 2.30 bits per heavy atom. The molecule has 102 valence electrons. The third-order valence-corrected chi connectivity index (χ3v) is 5.51. The number of halogens is 2. The topological polar surface area (TPSA) is 35.8 Å². The molecule has 0 fully saturated rings. The highest BCUT2D eigenvalue weighted by atomic mass is 127. The van der Waals surface area contributed by atoms with Gasteiger partial charge in [0.15, 0.2) is 0 Å². The summed E-state index contributed by atoms with van der Waals surface area (Å²) in [5, 5.41) is 12.5. The van der Waals surface area contributed by atoms with Gasteiger partial charge in [0.25, 0.3) is 0 Å². The first kappa shape index (κ1) is 13.8. The molecule has 1 aromatic heterocycles. The highest BCUT2D eigenvalue weighted by molar-refractivity contribution is 14.1. The van der Waals surface area contributed by atoms with Gasteiger partial charge in [-0.05, 0) is 65.6 Å². The third kappa shape index (κ3) is 2.54. The Morgan fingerprint density at radius 3 is 3.10 bits per heavy atom. The Morgan fingerprint density at radius 1 is 1.45 bits per heavy atom. The van der Waals surface area contributed by atoms with E-state index in [1.807, 2.05) is 17.4 Å². The predicted octanol–water partition coefficient (Wildman–Crippen LogP) is 4.85. The maximum atomic E-state index is 13.6. The van der Waals surface area contributed by atoms with E-state index in [9.17, 15) is 4.39 Å². The quantitative estimate of drug-likeness (QED) is 0.734. The molecule has 1 atom stereocenters. The number of hydrogen-bond donors (Lipinski definition) is 1. The van der Waals surface area contributed by atoms with Crippen molar-refractivity contribution in [2.75, 3.05) is 5.32 Å². The minimum atomic E-state index is -0.464. The number of nitrogens with one attached hydrogen (secondary N) is 1. The molecule has 0 spiro atoms. The van der Waals surface area contributed by atoms with Crippen LogP contribution in [0.3, 0.4) is 0 Å². The average Bonchev–Trinajstić information content (AvgIpc) is 2.80. The molecule has 0 radical (unpaired) electrons. The van der Waals surface area contributed by atoms with Crippen molar-refractivity contribution in [3.63, 3.8) is 0 Å². The Bertz CT molecular complexity index is 690. The number of fused-ring (bicyclic) bond motifs is 1. The fraction of sp³-hybridized carbons (Fsp3) is 0.267. The number of anilines is 1. The van der Waals surface area contributed by atoms with Gasteiger partial charge in [-0.25, -0.2) is 4.39 Å². The molecule has 20 heavy (non-hydrogen) atoms. The number of nitrogens with zero attached hydrogens (tertiary/aromatic N) is 1. The summed E-state index contributed by atoms with van der Waals surface area (Å²) in [6.45, 7) is 0. The lowest BCUT2D eigenvalue weighted by atomic mass is 9.93. The van der Waals surface area contributed by atoms with E-state index in [4.69, 9.17) is 5.26 Å². The lowest BCUT2D eigenvalue weighted by Gasteiger charge is -2.25. The fourth-order valence-electron chi connectivity index (χ4n) is 2.62. The third-order valence-electron chi connectivity index (χ3n) is 3.54. The summed E-state index contributed by atoms with van der Waals surface area (Å²) in [7, 11) is 0. The van der Waals surface area contributed by atoms with Crippen molar-refractivity contribution in [1.29, 1.82) is 5.26 Å². The van der Waals surface area contributed by atoms with E-state index in [1.165, 1.54) is 19.4 Å². The lowest BCUT2D eigenvalue weighted by Crippen LogP contribution is -2.16. The number of nitriles is 1. The average molecular weight is 398 g/mol. The van der Waals surface area contributed by atoms with Crippen molar-refractivity contribution >= 4 is 39.6 Å². The zero-order valence-electron chi connectivity index (χ0n) is 10.6. The highest BCUT2D eigenvalue weighted by Gasteiger charge is 2.23. The standard InChI is InChI=1S/C15H12FIN2S/c16-11-3-1-4-13(10(11)8-18)19-12-5-2-6-14-9(12)7-15(17)20-14/h1,3-4,7,12,19H,2,5-6H2. The van der Waals surface area contributed by atoms with Gasteiger partial charge in [-0.2, -0.15) is 5.26 Å². The van der Waals surface area contributed by atoms with Gasteiger partial charge in [0, 0.05) is 4.88 Å². The van der Waals surface area contributed by atoms with Crippen LogP contribution in [0.1, 0.15) is 34.9 Å². The van der Waals surface area contributed by atoms with E-state index in [1.54, 1.807) is 12.1 Å². The second kappa shape index (κ2) is 5.70. The normalized spacial score (nSPS) is 17.4. The van der Waals surface area contributed by atoms with Crippen molar-refractivity contribution < 1.29 is 4.39 Å². The van der Waals surface area contributed by atoms with Crippen LogP contribution in [0.25, 0.3) is 0 Å². The molecule has 0 saturated carbocycles. The molecule has 3 rings (SSSR count). The maximum Gasteiger partial charge on any atom is 0.143 e. The van der Waals surface area contributed by atoms with Crippen molar-refractivity contribution in [2.45, 2.75) is 25.3 Å². The van der Waals surface area contributed by atoms with Gasteiger partial charge in [0.05, 0.1) is 14.6 Å². The molecule has 2 nitrogen and oxygen atoms in total. The molecule has 1 heterocycles. The van der Waals surface area contributed by atoms with Crippen LogP contribution in [0.5, 0.6) is 0 Å². The van der Waals surface area contributed by atoms with E-state index >= 15 is 0 Å². The first-order chi connectivity index (χ1) is 9.69.